The molecule has 0 amide bonds. The van der Waals surface area contributed by atoms with Gasteiger partial charge in [-0.25, -0.2) is 13.2 Å². The molecule has 41 heavy (non-hydrogen) atoms. The Morgan fingerprint density at radius 2 is 1.95 bits per heavy atom. The fourth-order valence-electron chi connectivity index (χ4n) is 7.58. The van der Waals surface area contributed by atoms with E-state index >= 15 is 4.39 Å². The minimum atomic E-state index is -1.03. The van der Waals surface area contributed by atoms with Gasteiger partial charge in [-0.2, -0.15) is 4.98 Å². The summed E-state index contributed by atoms with van der Waals surface area (Å²) in [4.78, 5) is 9.23. The van der Waals surface area contributed by atoms with E-state index < -0.39 is 17.8 Å². The number of nitrogens with one attached hydrogen (secondary N) is 1. The maximum absolute atomic E-state index is 15.2. The van der Waals surface area contributed by atoms with Crippen LogP contribution in [0.3, 0.4) is 0 Å². The van der Waals surface area contributed by atoms with Crippen LogP contribution in [0.1, 0.15) is 32.1 Å². The lowest BCUT2D eigenvalue weighted by Gasteiger charge is -2.34. The largest absolute Gasteiger partial charge is 0.508 e. The van der Waals surface area contributed by atoms with Crippen LogP contribution >= 0.6 is 0 Å². The standard InChI is InChI=1S/C30H30F3N5O3/c31-17-11-30(6-1-7-38(30)12-17)15-40-24-10-22-27(21-9-20(39)8-16-2-5-23(32)26(33)25(16)21)36-41-28(22)29(35-24)37-13-18-3-4-19(14-37)34-18/h2,5,8-10,17-19,34,39H,1,3-4,6-7,11-15H2/t17-,18?,19?,30+/m1/s1. The molecule has 8 rings (SSSR count). The maximum Gasteiger partial charge on any atom is 0.216 e. The second-order valence-corrected chi connectivity index (χ2v) is 12.1. The van der Waals surface area contributed by atoms with Crippen LogP contribution in [0.15, 0.2) is 34.9 Å². The number of anilines is 1. The Hall–Kier alpha value is -3.57. The molecule has 6 heterocycles. The zero-order valence-electron chi connectivity index (χ0n) is 22.4. The van der Waals surface area contributed by atoms with Gasteiger partial charge in [-0.05, 0) is 55.8 Å². The van der Waals surface area contributed by atoms with Gasteiger partial charge in [0.1, 0.15) is 24.2 Å². The third-order valence-electron chi connectivity index (χ3n) is 9.43. The maximum atomic E-state index is 15.2. The van der Waals surface area contributed by atoms with Crippen molar-refractivity contribution in [2.24, 2.45) is 0 Å². The molecule has 0 aliphatic carbocycles. The van der Waals surface area contributed by atoms with Gasteiger partial charge in [0.15, 0.2) is 17.5 Å². The summed E-state index contributed by atoms with van der Waals surface area (Å²) in [7, 11) is 0. The Balaban J connectivity index is 1.26. The summed E-state index contributed by atoms with van der Waals surface area (Å²) < 4.78 is 56.2. The van der Waals surface area contributed by atoms with Gasteiger partial charge >= 0.3 is 0 Å². The molecule has 4 aliphatic rings. The zero-order chi connectivity index (χ0) is 27.9. The number of rotatable bonds is 5. The van der Waals surface area contributed by atoms with Gasteiger partial charge < -0.3 is 24.6 Å². The summed E-state index contributed by atoms with van der Waals surface area (Å²) in [6.45, 7) is 3.04. The van der Waals surface area contributed by atoms with Crippen LogP contribution in [0.4, 0.5) is 19.0 Å². The highest BCUT2D eigenvalue weighted by atomic mass is 19.2. The molecule has 8 nitrogen and oxygen atoms in total. The van der Waals surface area contributed by atoms with E-state index in [2.05, 4.69) is 20.3 Å². The molecular formula is C30H30F3N5O3. The highest BCUT2D eigenvalue weighted by Crippen LogP contribution is 2.43. The first-order chi connectivity index (χ1) is 19.9. The highest BCUT2D eigenvalue weighted by Gasteiger charge is 2.49. The Morgan fingerprint density at radius 1 is 1.12 bits per heavy atom. The molecule has 214 valence electrons. The number of phenols is 1. The lowest BCUT2D eigenvalue weighted by Crippen LogP contribution is -2.51. The Morgan fingerprint density at radius 3 is 2.78 bits per heavy atom. The third kappa shape index (κ3) is 4.04. The molecule has 4 aromatic rings. The van der Waals surface area contributed by atoms with Crippen molar-refractivity contribution in [2.75, 3.05) is 37.7 Å². The molecule has 0 radical (unpaired) electrons. The van der Waals surface area contributed by atoms with Crippen molar-refractivity contribution < 1.29 is 27.5 Å². The second-order valence-electron chi connectivity index (χ2n) is 12.1. The third-order valence-corrected chi connectivity index (χ3v) is 9.43. The fraction of sp³-hybridized carbons (Fsp3) is 0.467. The molecule has 2 unspecified atom stereocenters. The van der Waals surface area contributed by atoms with Crippen molar-refractivity contribution in [1.29, 1.82) is 0 Å². The van der Waals surface area contributed by atoms with E-state index in [1.807, 2.05) is 0 Å². The summed E-state index contributed by atoms with van der Waals surface area (Å²) in [5, 5.41) is 19.2. The van der Waals surface area contributed by atoms with Crippen LogP contribution in [-0.4, -0.2) is 76.7 Å². The molecule has 4 saturated heterocycles. The summed E-state index contributed by atoms with van der Waals surface area (Å²) in [6, 6.07) is 7.56. The zero-order valence-corrected chi connectivity index (χ0v) is 22.4. The first-order valence-electron chi connectivity index (χ1n) is 14.3. The van der Waals surface area contributed by atoms with Crippen LogP contribution < -0.4 is 15.0 Å². The number of hydrogen-bond donors (Lipinski definition) is 2. The molecule has 2 aromatic heterocycles. The number of nitrogens with zero attached hydrogens (tertiary/aromatic N) is 4. The van der Waals surface area contributed by atoms with Crippen LogP contribution in [0.2, 0.25) is 0 Å². The number of ether oxygens (including phenoxy) is 1. The van der Waals surface area contributed by atoms with Crippen molar-refractivity contribution in [3.8, 4) is 22.9 Å². The fourth-order valence-corrected chi connectivity index (χ4v) is 7.58. The molecule has 0 spiro atoms. The van der Waals surface area contributed by atoms with E-state index in [9.17, 15) is 13.9 Å². The number of hydrogen-bond acceptors (Lipinski definition) is 8. The number of aromatic nitrogens is 2. The van der Waals surface area contributed by atoms with E-state index in [-0.39, 0.29) is 27.9 Å². The molecule has 2 aromatic carbocycles. The average molecular weight is 566 g/mol. The summed E-state index contributed by atoms with van der Waals surface area (Å²) in [6.07, 6.45) is 3.57. The number of pyridine rings is 1. The van der Waals surface area contributed by atoms with E-state index in [4.69, 9.17) is 14.2 Å². The van der Waals surface area contributed by atoms with E-state index in [1.54, 1.807) is 6.07 Å². The van der Waals surface area contributed by atoms with Crippen molar-refractivity contribution in [3.05, 3.63) is 42.0 Å². The van der Waals surface area contributed by atoms with Crippen molar-refractivity contribution in [3.63, 3.8) is 0 Å². The summed E-state index contributed by atoms with van der Waals surface area (Å²) in [5.41, 5.74) is 0.509. The summed E-state index contributed by atoms with van der Waals surface area (Å²) >= 11 is 0. The minimum absolute atomic E-state index is 0.000484. The average Bonchev–Trinajstić information content (AvgIpc) is 3.70. The number of aromatic hydroxyl groups is 1. The molecule has 2 N–H and O–H groups in total. The van der Waals surface area contributed by atoms with Crippen LogP contribution in [0.25, 0.3) is 33.0 Å². The lowest BCUT2D eigenvalue weighted by molar-refractivity contribution is 0.111. The summed E-state index contributed by atoms with van der Waals surface area (Å²) in [5.74, 6) is -1.23. The minimum Gasteiger partial charge on any atom is -0.508 e. The lowest BCUT2D eigenvalue weighted by atomic mass is 9.95. The van der Waals surface area contributed by atoms with Crippen LogP contribution in [0, 0.1) is 11.6 Å². The van der Waals surface area contributed by atoms with Gasteiger partial charge in [0.25, 0.3) is 0 Å². The first kappa shape index (κ1) is 25.2. The molecule has 2 bridgehead atoms. The second kappa shape index (κ2) is 9.22. The van der Waals surface area contributed by atoms with Gasteiger partial charge in [-0.3, -0.25) is 4.90 Å². The normalized spacial score (nSPS) is 27.8. The predicted molar refractivity (Wildman–Crippen MR) is 147 cm³/mol. The molecular weight excluding hydrogens is 535 g/mol. The van der Waals surface area contributed by atoms with E-state index in [0.29, 0.717) is 59.7 Å². The monoisotopic (exact) mass is 565 g/mol. The van der Waals surface area contributed by atoms with Crippen molar-refractivity contribution >= 4 is 27.6 Å². The number of halogens is 3. The first-order valence-corrected chi connectivity index (χ1v) is 14.3. The van der Waals surface area contributed by atoms with Crippen LogP contribution in [-0.2, 0) is 0 Å². The Labute approximate surface area is 234 Å². The highest BCUT2D eigenvalue weighted by molar-refractivity contribution is 6.06. The molecule has 4 aliphatic heterocycles. The SMILES string of the molecule is Oc1cc(-c2noc3c(N4CC5CCC(C4)N5)nc(OC[C@@]45CCCN4C[C@H](F)C5)cc23)c2c(F)c(F)ccc2c1. The molecule has 0 saturated carbocycles. The van der Waals surface area contributed by atoms with Crippen LogP contribution in [0.5, 0.6) is 11.6 Å². The van der Waals surface area contributed by atoms with Crippen molar-refractivity contribution in [2.45, 2.75) is 55.9 Å². The van der Waals surface area contributed by atoms with Crippen molar-refractivity contribution in [1.82, 2.24) is 20.4 Å². The Kier molecular flexibility index (Phi) is 5.66. The predicted octanol–water partition coefficient (Wildman–Crippen LogP) is 4.92. The molecule has 4 fully saturated rings. The van der Waals surface area contributed by atoms with Gasteiger partial charge in [-0.1, -0.05) is 11.2 Å². The number of piperazine rings is 1. The molecule has 4 atom stereocenters. The van der Waals surface area contributed by atoms with Gasteiger partial charge in [0.05, 0.1) is 10.9 Å². The number of phenolic OH excluding ortho intramolecular Hbond substituents is 1. The quantitative estimate of drug-likeness (QED) is 0.353. The smallest absolute Gasteiger partial charge is 0.216 e. The van der Waals surface area contributed by atoms with E-state index in [0.717, 1.165) is 51.4 Å². The van der Waals surface area contributed by atoms with Gasteiger partial charge in [-0.15, -0.1) is 0 Å². The Bertz CT molecular complexity index is 1670. The number of benzene rings is 2. The van der Waals surface area contributed by atoms with Gasteiger partial charge in [0.2, 0.25) is 11.5 Å². The number of fused-ring (bicyclic) bond motifs is 5. The van der Waals surface area contributed by atoms with Gasteiger partial charge in [0, 0.05) is 55.2 Å². The van der Waals surface area contributed by atoms with E-state index in [1.165, 1.54) is 18.2 Å². The molecule has 11 heteroatoms. The topological polar surface area (TPSA) is 86.9 Å². The number of alkyl halides is 1.